The van der Waals surface area contributed by atoms with Crippen molar-refractivity contribution < 1.29 is 22.3 Å². The Morgan fingerprint density at radius 3 is 2.00 bits per heavy atom. The molecule has 1 nitrogen and oxygen atoms in total. The maximum absolute atomic E-state index is 14.0. The molecule has 0 aromatic heterocycles. The Hall–Kier alpha value is -2.04. The molecular formula is C28H36F4O. The van der Waals surface area contributed by atoms with Gasteiger partial charge in [-0.05, 0) is 66.3 Å². The summed E-state index contributed by atoms with van der Waals surface area (Å²) in [7, 11) is 0. The summed E-state index contributed by atoms with van der Waals surface area (Å²) in [6.07, 6.45) is 11.0. The second kappa shape index (κ2) is 12.4. The van der Waals surface area contributed by atoms with Crippen molar-refractivity contribution in [1.29, 1.82) is 0 Å². The van der Waals surface area contributed by atoms with Crippen molar-refractivity contribution in [3.05, 3.63) is 53.8 Å². The average molecular weight is 465 g/mol. The Morgan fingerprint density at radius 1 is 0.788 bits per heavy atom. The van der Waals surface area contributed by atoms with Gasteiger partial charge in [0.1, 0.15) is 0 Å². The minimum atomic E-state index is -4.91. The van der Waals surface area contributed by atoms with E-state index in [1.54, 1.807) is 0 Å². The van der Waals surface area contributed by atoms with E-state index in [4.69, 9.17) is 0 Å². The number of hydrogen-bond donors (Lipinski definition) is 0. The van der Waals surface area contributed by atoms with E-state index in [1.807, 2.05) is 12.1 Å². The fourth-order valence-electron chi connectivity index (χ4n) is 5.01. The number of ether oxygens (including phenoxy) is 1. The zero-order chi connectivity index (χ0) is 23.7. The highest BCUT2D eigenvalue weighted by Crippen LogP contribution is 2.38. The van der Waals surface area contributed by atoms with Crippen LogP contribution in [0.3, 0.4) is 0 Å². The molecule has 182 valence electrons. The van der Waals surface area contributed by atoms with Gasteiger partial charge in [-0.3, -0.25) is 0 Å². The van der Waals surface area contributed by atoms with Crippen LogP contribution in [0, 0.1) is 11.7 Å². The van der Waals surface area contributed by atoms with Crippen molar-refractivity contribution in [2.24, 2.45) is 5.92 Å². The first kappa shape index (κ1) is 25.6. The molecule has 3 rings (SSSR count). The van der Waals surface area contributed by atoms with Gasteiger partial charge in [0, 0.05) is 0 Å². The predicted molar refractivity (Wildman–Crippen MR) is 126 cm³/mol. The molecular weight excluding hydrogens is 428 g/mol. The monoisotopic (exact) mass is 464 g/mol. The van der Waals surface area contributed by atoms with Crippen LogP contribution in [0.2, 0.25) is 0 Å². The van der Waals surface area contributed by atoms with Crippen LogP contribution in [0.15, 0.2) is 42.5 Å². The quantitative estimate of drug-likeness (QED) is 0.237. The van der Waals surface area contributed by atoms with Crippen LogP contribution < -0.4 is 4.74 Å². The van der Waals surface area contributed by atoms with Gasteiger partial charge in [0.25, 0.3) is 0 Å². The minimum absolute atomic E-state index is 0.534. The van der Waals surface area contributed by atoms with E-state index in [2.05, 4.69) is 23.8 Å². The molecule has 33 heavy (non-hydrogen) atoms. The van der Waals surface area contributed by atoms with E-state index < -0.39 is 17.9 Å². The Labute approximate surface area is 195 Å². The lowest BCUT2D eigenvalue weighted by Crippen LogP contribution is -2.17. The first-order valence-electron chi connectivity index (χ1n) is 12.5. The summed E-state index contributed by atoms with van der Waals surface area (Å²) in [5, 5.41) is 0. The van der Waals surface area contributed by atoms with Gasteiger partial charge < -0.3 is 4.74 Å². The summed E-state index contributed by atoms with van der Waals surface area (Å²) in [5.74, 6) is -0.412. The standard InChI is InChI=1S/C28H36F4O/c1-2-3-4-5-6-7-8-9-21-10-12-22(13-11-21)23-14-16-24(17-15-23)25-18-19-27(26(29)20-25)33-28(30,31)32/h14-22H,2-13H2,1H3. The zero-order valence-corrected chi connectivity index (χ0v) is 19.6. The van der Waals surface area contributed by atoms with Gasteiger partial charge in [0.15, 0.2) is 11.6 Å². The second-order valence-electron chi connectivity index (χ2n) is 9.44. The minimum Gasteiger partial charge on any atom is -0.403 e. The average Bonchev–Trinajstić information content (AvgIpc) is 2.79. The van der Waals surface area contributed by atoms with Gasteiger partial charge in [-0.1, -0.05) is 88.6 Å². The lowest BCUT2D eigenvalue weighted by molar-refractivity contribution is -0.275. The maximum Gasteiger partial charge on any atom is 0.573 e. The molecule has 0 saturated heterocycles. The number of alkyl halides is 3. The summed E-state index contributed by atoms with van der Waals surface area (Å²) in [4.78, 5) is 0. The van der Waals surface area contributed by atoms with Crippen LogP contribution in [-0.4, -0.2) is 6.36 Å². The number of unbranched alkanes of at least 4 members (excludes halogenated alkanes) is 6. The molecule has 0 spiro atoms. The zero-order valence-electron chi connectivity index (χ0n) is 19.6. The lowest BCUT2D eigenvalue weighted by atomic mass is 9.77. The highest BCUT2D eigenvalue weighted by Gasteiger charge is 2.32. The van der Waals surface area contributed by atoms with E-state index in [0.29, 0.717) is 11.5 Å². The normalized spacial score (nSPS) is 18.9. The maximum atomic E-state index is 14.0. The molecule has 2 aromatic carbocycles. The van der Waals surface area contributed by atoms with Crippen LogP contribution in [-0.2, 0) is 0 Å². The van der Waals surface area contributed by atoms with E-state index >= 15 is 0 Å². The van der Waals surface area contributed by atoms with Gasteiger partial charge in [0.05, 0.1) is 0 Å². The molecule has 5 heteroatoms. The van der Waals surface area contributed by atoms with Crippen LogP contribution in [0.25, 0.3) is 11.1 Å². The molecule has 1 aliphatic rings. The van der Waals surface area contributed by atoms with E-state index in [0.717, 1.165) is 23.6 Å². The van der Waals surface area contributed by atoms with Crippen molar-refractivity contribution in [3.63, 3.8) is 0 Å². The number of hydrogen-bond acceptors (Lipinski definition) is 1. The predicted octanol–water partition coefficient (Wildman–Crippen LogP) is 9.81. The van der Waals surface area contributed by atoms with Crippen LogP contribution in [0.5, 0.6) is 5.75 Å². The molecule has 0 atom stereocenters. The third kappa shape index (κ3) is 8.35. The summed E-state index contributed by atoms with van der Waals surface area (Å²) in [6, 6.07) is 11.6. The fourth-order valence-corrected chi connectivity index (χ4v) is 5.01. The highest BCUT2D eigenvalue weighted by molar-refractivity contribution is 5.64. The second-order valence-corrected chi connectivity index (χ2v) is 9.44. The van der Waals surface area contributed by atoms with Crippen molar-refractivity contribution in [2.75, 3.05) is 0 Å². The lowest BCUT2D eigenvalue weighted by Gasteiger charge is -2.29. The largest absolute Gasteiger partial charge is 0.573 e. The molecule has 1 fully saturated rings. The first-order valence-corrected chi connectivity index (χ1v) is 12.5. The summed E-state index contributed by atoms with van der Waals surface area (Å²) in [5.41, 5.74) is 2.61. The molecule has 0 radical (unpaired) electrons. The summed E-state index contributed by atoms with van der Waals surface area (Å²) in [6.45, 7) is 2.25. The van der Waals surface area contributed by atoms with E-state index in [9.17, 15) is 17.6 Å². The summed E-state index contributed by atoms with van der Waals surface area (Å²) >= 11 is 0. The van der Waals surface area contributed by atoms with Crippen LogP contribution in [0.1, 0.15) is 95.5 Å². The van der Waals surface area contributed by atoms with Crippen LogP contribution >= 0.6 is 0 Å². The smallest absolute Gasteiger partial charge is 0.403 e. The Kier molecular flexibility index (Phi) is 9.64. The molecule has 1 saturated carbocycles. The fraction of sp³-hybridized carbons (Fsp3) is 0.571. The van der Waals surface area contributed by atoms with Gasteiger partial charge >= 0.3 is 6.36 Å². The van der Waals surface area contributed by atoms with E-state index in [-0.39, 0.29) is 0 Å². The molecule has 0 unspecified atom stereocenters. The molecule has 0 aliphatic heterocycles. The Balaban J connectivity index is 1.45. The number of rotatable bonds is 11. The van der Waals surface area contributed by atoms with Crippen LogP contribution in [0.4, 0.5) is 17.6 Å². The van der Waals surface area contributed by atoms with Gasteiger partial charge in [0.2, 0.25) is 0 Å². The van der Waals surface area contributed by atoms with Crippen molar-refractivity contribution in [2.45, 2.75) is 96.3 Å². The topological polar surface area (TPSA) is 9.23 Å². The van der Waals surface area contributed by atoms with Gasteiger partial charge in [-0.25, -0.2) is 4.39 Å². The van der Waals surface area contributed by atoms with Gasteiger partial charge in [-0.2, -0.15) is 0 Å². The Bertz CT molecular complexity index is 836. The molecule has 0 bridgehead atoms. The first-order chi connectivity index (χ1) is 15.9. The Morgan fingerprint density at radius 2 is 1.39 bits per heavy atom. The number of halogens is 4. The molecule has 1 aliphatic carbocycles. The third-order valence-corrected chi connectivity index (χ3v) is 6.94. The van der Waals surface area contributed by atoms with Crippen molar-refractivity contribution in [3.8, 4) is 16.9 Å². The SMILES string of the molecule is CCCCCCCCCC1CCC(c2ccc(-c3ccc(OC(F)(F)F)c(F)c3)cc2)CC1. The van der Waals surface area contributed by atoms with E-state index in [1.165, 1.54) is 88.7 Å². The van der Waals surface area contributed by atoms with Crippen molar-refractivity contribution >= 4 is 0 Å². The summed E-state index contributed by atoms with van der Waals surface area (Å²) < 4.78 is 54.7. The molecule has 0 N–H and O–H groups in total. The molecule has 2 aromatic rings. The number of benzene rings is 2. The van der Waals surface area contributed by atoms with Gasteiger partial charge in [-0.15, -0.1) is 13.2 Å². The molecule has 0 heterocycles. The highest BCUT2D eigenvalue weighted by atomic mass is 19.4. The third-order valence-electron chi connectivity index (χ3n) is 6.94. The van der Waals surface area contributed by atoms with Crippen molar-refractivity contribution in [1.82, 2.24) is 0 Å². The molecule has 0 amide bonds.